The van der Waals surface area contributed by atoms with Gasteiger partial charge in [-0.15, -0.1) is 11.8 Å². The third kappa shape index (κ3) is 3.12. The van der Waals surface area contributed by atoms with Gasteiger partial charge in [-0.2, -0.15) is 0 Å². The quantitative estimate of drug-likeness (QED) is 0.784. The Hall–Kier alpha value is -0.870. The van der Waals surface area contributed by atoms with Crippen molar-refractivity contribution in [3.8, 4) is 0 Å². The van der Waals surface area contributed by atoms with Crippen LogP contribution in [0.25, 0.3) is 0 Å². The summed E-state index contributed by atoms with van der Waals surface area (Å²) in [4.78, 5) is 12.2. The summed E-state index contributed by atoms with van der Waals surface area (Å²) in [7, 11) is 0. The van der Waals surface area contributed by atoms with Crippen LogP contribution < -0.4 is 0 Å². The Morgan fingerprint density at radius 2 is 2.11 bits per heavy atom. The predicted octanol–water partition coefficient (Wildman–Crippen LogP) is 3.31. The maximum Gasteiger partial charge on any atom is 0.175 e. The molecule has 0 aliphatic carbocycles. The smallest absolute Gasteiger partial charge is 0.175 e. The largest absolute Gasteiger partial charge is 0.377 e. The molecule has 1 aliphatic heterocycles. The number of rotatable bonds is 4. The zero-order chi connectivity index (χ0) is 13.1. The number of hydrogen-bond donors (Lipinski definition) is 0. The van der Waals surface area contributed by atoms with E-state index in [-0.39, 0.29) is 23.0 Å². The highest BCUT2D eigenvalue weighted by atomic mass is 32.2. The molecule has 1 fully saturated rings. The van der Waals surface area contributed by atoms with Crippen molar-refractivity contribution in [3.05, 3.63) is 35.6 Å². The Morgan fingerprint density at radius 3 is 2.67 bits per heavy atom. The van der Waals surface area contributed by atoms with Crippen LogP contribution in [0.4, 0.5) is 4.39 Å². The van der Waals surface area contributed by atoms with Crippen molar-refractivity contribution >= 4 is 17.5 Å². The number of hydrogen-bond acceptors (Lipinski definition) is 3. The van der Waals surface area contributed by atoms with E-state index in [1.54, 1.807) is 23.9 Å². The first-order valence-corrected chi connectivity index (χ1v) is 7.09. The highest BCUT2D eigenvalue weighted by molar-refractivity contribution is 8.01. The molecule has 0 aromatic heterocycles. The van der Waals surface area contributed by atoms with Gasteiger partial charge in [0.1, 0.15) is 5.82 Å². The Balaban J connectivity index is 1.98. The van der Waals surface area contributed by atoms with Gasteiger partial charge in [0.05, 0.1) is 11.4 Å². The van der Waals surface area contributed by atoms with Crippen LogP contribution in [0.3, 0.4) is 0 Å². The predicted molar refractivity (Wildman–Crippen MR) is 71.6 cm³/mol. The molecule has 1 aromatic rings. The van der Waals surface area contributed by atoms with Crippen molar-refractivity contribution < 1.29 is 13.9 Å². The van der Waals surface area contributed by atoms with E-state index < -0.39 is 0 Å². The molecule has 1 aliphatic rings. The third-order valence-electron chi connectivity index (χ3n) is 3.18. The van der Waals surface area contributed by atoms with Crippen LogP contribution in [0.2, 0.25) is 0 Å². The number of carbonyl (C=O) groups excluding carboxylic acids is 1. The zero-order valence-corrected chi connectivity index (χ0v) is 11.4. The van der Waals surface area contributed by atoms with Crippen LogP contribution in [0, 0.1) is 5.82 Å². The molecule has 2 rings (SSSR count). The molecule has 3 unspecified atom stereocenters. The summed E-state index contributed by atoms with van der Waals surface area (Å²) in [5.74, 6) is -0.260. The lowest BCUT2D eigenvalue weighted by Gasteiger charge is -2.18. The van der Waals surface area contributed by atoms with Crippen LogP contribution in [0.5, 0.6) is 0 Å². The van der Waals surface area contributed by atoms with E-state index in [2.05, 4.69) is 0 Å². The number of Topliss-reactive ketones (excluding diaryl/α,β-unsaturated/α-hetero) is 1. The summed E-state index contributed by atoms with van der Waals surface area (Å²) in [5.41, 5.74) is 0.572. The minimum absolute atomic E-state index is 0.0547. The Kier molecular flexibility index (Phi) is 4.40. The molecule has 0 amide bonds. The van der Waals surface area contributed by atoms with Gasteiger partial charge >= 0.3 is 0 Å². The summed E-state index contributed by atoms with van der Waals surface area (Å²) in [6, 6.07) is 5.74. The first-order valence-electron chi connectivity index (χ1n) is 6.15. The molecule has 0 bridgehead atoms. The van der Waals surface area contributed by atoms with Crippen molar-refractivity contribution in [1.82, 2.24) is 0 Å². The van der Waals surface area contributed by atoms with Gasteiger partial charge in [-0.3, -0.25) is 4.79 Å². The summed E-state index contributed by atoms with van der Waals surface area (Å²) in [5, 5.41) is 0.258. The maximum atomic E-state index is 12.8. The maximum absolute atomic E-state index is 12.8. The van der Waals surface area contributed by atoms with E-state index in [4.69, 9.17) is 4.74 Å². The fourth-order valence-corrected chi connectivity index (χ4v) is 3.38. The highest BCUT2D eigenvalue weighted by Crippen LogP contribution is 2.30. The highest BCUT2D eigenvalue weighted by Gasteiger charge is 2.28. The fraction of sp³-hybridized carbons (Fsp3) is 0.500. The molecular formula is C14H17FO2S. The van der Waals surface area contributed by atoms with Crippen LogP contribution in [0.15, 0.2) is 24.3 Å². The second-order valence-electron chi connectivity index (χ2n) is 4.55. The van der Waals surface area contributed by atoms with Gasteiger partial charge in [0, 0.05) is 17.4 Å². The molecule has 1 aromatic carbocycles. The van der Waals surface area contributed by atoms with Gasteiger partial charge < -0.3 is 4.74 Å². The average molecular weight is 268 g/mol. The minimum atomic E-state index is -0.315. The summed E-state index contributed by atoms with van der Waals surface area (Å²) < 4.78 is 18.3. The van der Waals surface area contributed by atoms with Gasteiger partial charge in [0.15, 0.2) is 5.78 Å². The van der Waals surface area contributed by atoms with E-state index in [0.717, 1.165) is 13.0 Å². The van der Waals surface area contributed by atoms with Gasteiger partial charge in [-0.25, -0.2) is 4.39 Å². The van der Waals surface area contributed by atoms with Gasteiger partial charge in [0.25, 0.3) is 0 Å². The molecule has 18 heavy (non-hydrogen) atoms. The van der Waals surface area contributed by atoms with Crippen molar-refractivity contribution in [3.63, 3.8) is 0 Å². The summed E-state index contributed by atoms with van der Waals surface area (Å²) >= 11 is 1.65. The molecule has 0 saturated carbocycles. The normalized spacial score (nSPS) is 25.1. The molecular weight excluding hydrogens is 251 g/mol. The number of thioether (sulfide) groups is 1. The van der Waals surface area contributed by atoms with Crippen LogP contribution in [-0.2, 0) is 4.74 Å². The number of halogens is 1. The van der Waals surface area contributed by atoms with E-state index >= 15 is 0 Å². The van der Waals surface area contributed by atoms with E-state index in [1.165, 1.54) is 12.1 Å². The first-order chi connectivity index (χ1) is 8.58. The van der Waals surface area contributed by atoms with Gasteiger partial charge in [-0.1, -0.05) is 0 Å². The molecule has 0 spiro atoms. The van der Waals surface area contributed by atoms with Crippen LogP contribution >= 0.6 is 11.8 Å². The van der Waals surface area contributed by atoms with Crippen molar-refractivity contribution in [2.24, 2.45) is 0 Å². The Bertz CT molecular complexity index is 418. The number of ketones is 1. The SMILES string of the molecule is CC(SC1CCOC1C)C(=O)c1ccc(F)cc1. The fourth-order valence-electron chi connectivity index (χ4n) is 2.06. The molecule has 3 atom stereocenters. The standard InChI is InChI=1S/C14H17FO2S/c1-9-13(7-8-17-9)18-10(2)14(16)11-3-5-12(15)6-4-11/h3-6,9-10,13H,7-8H2,1-2H3. The van der Waals surface area contributed by atoms with E-state index in [0.29, 0.717) is 10.8 Å². The monoisotopic (exact) mass is 268 g/mol. The number of ether oxygens (including phenoxy) is 1. The van der Waals surface area contributed by atoms with Crippen molar-refractivity contribution in [2.45, 2.75) is 36.9 Å². The van der Waals surface area contributed by atoms with Gasteiger partial charge in [-0.05, 0) is 44.5 Å². The lowest BCUT2D eigenvalue weighted by molar-refractivity contribution is 0.0993. The molecule has 4 heteroatoms. The summed E-state index contributed by atoms with van der Waals surface area (Å²) in [6.45, 7) is 4.72. The zero-order valence-electron chi connectivity index (χ0n) is 10.6. The molecule has 1 saturated heterocycles. The van der Waals surface area contributed by atoms with Gasteiger partial charge in [0.2, 0.25) is 0 Å². The lowest BCUT2D eigenvalue weighted by atomic mass is 10.1. The van der Waals surface area contributed by atoms with Crippen molar-refractivity contribution in [1.29, 1.82) is 0 Å². The van der Waals surface area contributed by atoms with Crippen LogP contribution in [0.1, 0.15) is 30.6 Å². The Labute approximate surface area is 111 Å². The Morgan fingerprint density at radius 1 is 1.44 bits per heavy atom. The molecule has 2 nitrogen and oxygen atoms in total. The van der Waals surface area contributed by atoms with Crippen LogP contribution in [-0.4, -0.2) is 29.0 Å². The summed E-state index contributed by atoms with van der Waals surface area (Å²) in [6.07, 6.45) is 1.20. The second kappa shape index (κ2) is 5.85. The topological polar surface area (TPSA) is 26.3 Å². The molecule has 98 valence electrons. The molecule has 0 radical (unpaired) electrons. The van der Waals surface area contributed by atoms with E-state index in [1.807, 2.05) is 13.8 Å². The second-order valence-corrected chi connectivity index (χ2v) is 6.14. The number of carbonyl (C=O) groups is 1. The lowest BCUT2D eigenvalue weighted by Crippen LogP contribution is -2.22. The van der Waals surface area contributed by atoms with Crippen molar-refractivity contribution in [2.75, 3.05) is 6.61 Å². The molecule has 1 heterocycles. The average Bonchev–Trinajstić information content (AvgIpc) is 2.75. The molecule has 0 N–H and O–H groups in total. The first kappa shape index (κ1) is 13.6. The third-order valence-corrected chi connectivity index (χ3v) is 4.77. The number of benzene rings is 1. The van der Waals surface area contributed by atoms with E-state index in [9.17, 15) is 9.18 Å². The minimum Gasteiger partial charge on any atom is -0.377 e.